The molecule has 0 bridgehead atoms. The van der Waals surface area contributed by atoms with E-state index in [2.05, 4.69) is 48.1 Å². The molecule has 0 aliphatic rings. The summed E-state index contributed by atoms with van der Waals surface area (Å²) in [5, 5.41) is 1.15. The Balaban J connectivity index is 1.41. The highest BCUT2D eigenvalue weighted by atomic mass is 16.5. The lowest BCUT2D eigenvalue weighted by atomic mass is 10.1. The number of aryl methyl sites for hydroxylation is 1. The summed E-state index contributed by atoms with van der Waals surface area (Å²) in [5.41, 5.74) is 1.89. The molecule has 0 amide bonds. The minimum absolute atomic E-state index is 0.704. The summed E-state index contributed by atoms with van der Waals surface area (Å²) in [5.74, 6) is 2.52. The maximum Gasteiger partial charge on any atom is 0.159 e. The molecule has 4 heteroatoms. The van der Waals surface area contributed by atoms with Gasteiger partial charge in [-0.15, -0.1) is 0 Å². The second-order valence-electron chi connectivity index (χ2n) is 9.55. The van der Waals surface area contributed by atoms with Gasteiger partial charge < -0.3 is 9.15 Å². The van der Waals surface area contributed by atoms with E-state index in [1.54, 1.807) is 12.4 Å². The van der Waals surface area contributed by atoms with Gasteiger partial charge in [-0.2, -0.15) is 0 Å². The van der Waals surface area contributed by atoms with Crippen LogP contribution in [0.25, 0.3) is 22.4 Å². The van der Waals surface area contributed by atoms with E-state index in [-0.39, 0.29) is 0 Å². The van der Waals surface area contributed by atoms with Crippen molar-refractivity contribution in [2.75, 3.05) is 6.61 Å². The van der Waals surface area contributed by atoms with Gasteiger partial charge in [0.1, 0.15) is 11.3 Å². The molecule has 0 unspecified atom stereocenters. The van der Waals surface area contributed by atoms with Crippen LogP contribution in [-0.2, 0) is 6.42 Å². The summed E-state index contributed by atoms with van der Waals surface area (Å²) in [7, 11) is 0. The predicted molar refractivity (Wildman–Crippen MR) is 142 cm³/mol. The van der Waals surface area contributed by atoms with Crippen molar-refractivity contribution >= 4 is 11.0 Å². The number of rotatable bonds is 18. The van der Waals surface area contributed by atoms with Crippen LogP contribution in [0, 0.1) is 0 Å². The number of hydrogen-bond donors (Lipinski definition) is 0. The zero-order chi connectivity index (χ0) is 23.8. The molecule has 1 aromatic carbocycles. The molecule has 4 nitrogen and oxygen atoms in total. The Morgan fingerprint density at radius 2 is 1.32 bits per heavy atom. The van der Waals surface area contributed by atoms with Crippen LogP contribution in [-0.4, -0.2) is 16.6 Å². The molecule has 0 fully saturated rings. The van der Waals surface area contributed by atoms with Crippen molar-refractivity contribution in [3.8, 4) is 17.1 Å². The molecule has 0 saturated heterocycles. The third kappa shape index (κ3) is 9.12. The van der Waals surface area contributed by atoms with Crippen molar-refractivity contribution in [1.82, 2.24) is 9.97 Å². The Hall–Kier alpha value is -2.36. The third-order valence-electron chi connectivity index (χ3n) is 6.50. The van der Waals surface area contributed by atoms with Gasteiger partial charge in [0.15, 0.2) is 11.6 Å². The van der Waals surface area contributed by atoms with Gasteiger partial charge in [0.25, 0.3) is 0 Å². The topological polar surface area (TPSA) is 48.2 Å². The summed E-state index contributed by atoms with van der Waals surface area (Å²) in [6.07, 6.45) is 22.8. The summed E-state index contributed by atoms with van der Waals surface area (Å²) in [6.45, 7) is 5.25. The van der Waals surface area contributed by atoms with E-state index in [9.17, 15) is 0 Å². The highest BCUT2D eigenvalue weighted by Crippen LogP contribution is 2.26. The lowest BCUT2D eigenvalue weighted by Gasteiger charge is -2.06. The number of ether oxygens (including phenoxy) is 1. The van der Waals surface area contributed by atoms with Crippen molar-refractivity contribution < 1.29 is 9.15 Å². The maximum absolute atomic E-state index is 6.11. The zero-order valence-electron chi connectivity index (χ0n) is 21.5. The monoisotopic (exact) mass is 464 g/mol. The first-order chi connectivity index (χ1) is 16.8. The molecule has 34 heavy (non-hydrogen) atoms. The number of furan rings is 1. The van der Waals surface area contributed by atoms with Crippen molar-refractivity contribution in [3.63, 3.8) is 0 Å². The molecular weight excluding hydrogens is 420 g/mol. The van der Waals surface area contributed by atoms with Crippen LogP contribution < -0.4 is 4.74 Å². The first kappa shape index (κ1) is 26.2. The molecule has 0 radical (unpaired) electrons. The second kappa shape index (κ2) is 15.5. The predicted octanol–water partition coefficient (Wildman–Crippen LogP) is 9.31. The van der Waals surface area contributed by atoms with Crippen molar-refractivity contribution in [3.05, 3.63) is 42.4 Å². The van der Waals surface area contributed by atoms with Gasteiger partial charge >= 0.3 is 0 Å². The molecule has 3 rings (SSSR count). The molecule has 0 aliphatic carbocycles. The Kier molecular flexibility index (Phi) is 12.0. The van der Waals surface area contributed by atoms with Crippen LogP contribution in [0.5, 0.6) is 5.75 Å². The Bertz CT molecular complexity index is 933. The molecule has 186 valence electrons. The van der Waals surface area contributed by atoms with Crippen molar-refractivity contribution in [2.24, 2.45) is 0 Å². The van der Waals surface area contributed by atoms with Gasteiger partial charge in [0.2, 0.25) is 0 Å². The van der Waals surface area contributed by atoms with Gasteiger partial charge in [-0.05, 0) is 25.0 Å². The lowest BCUT2D eigenvalue weighted by molar-refractivity contribution is 0.302. The second-order valence-corrected chi connectivity index (χ2v) is 9.55. The average molecular weight is 465 g/mol. The van der Waals surface area contributed by atoms with E-state index in [1.165, 1.54) is 83.5 Å². The summed E-state index contributed by atoms with van der Waals surface area (Å²) in [4.78, 5) is 9.05. The molecule has 0 aliphatic heterocycles. The van der Waals surface area contributed by atoms with E-state index in [0.29, 0.717) is 5.82 Å². The van der Waals surface area contributed by atoms with Gasteiger partial charge in [-0.1, -0.05) is 103 Å². The number of fused-ring (bicyclic) bond motifs is 1. The van der Waals surface area contributed by atoms with Crippen LogP contribution >= 0.6 is 0 Å². The molecule has 0 saturated carbocycles. The number of aromatic nitrogens is 2. The largest absolute Gasteiger partial charge is 0.490 e. The van der Waals surface area contributed by atoms with Crippen molar-refractivity contribution in [2.45, 2.75) is 110 Å². The Morgan fingerprint density at radius 1 is 0.706 bits per heavy atom. The Labute approximate surface area is 206 Å². The lowest BCUT2D eigenvalue weighted by Crippen LogP contribution is -1.99. The zero-order valence-corrected chi connectivity index (χ0v) is 21.5. The van der Waals surface area contributed by atoms with Gasteiger partial charge in [-0.25, -0.2) is 9.97 Å². The molecule has 3 aromatic rings. The Morgan fingerprint density at radius 3 is 2.00 bits per heavy atom. The molecule has 0 N–H and O–H groups in total. The summed E-state index contributed by atoms with van der Waals surface area (Å²) >= 11 is 0. The maximum atomic E-state index is 6.11. The van der Waals surface area contributed by atoms with Crippen LogP contribution in [0.15, 0.2) is 41.1 Å². The fourth-order valence-corrected chi connectivity index (χ4v) is 4.39. The van der Waals surface area contributed by atoms with E-state index in [1.807, 2.05) is 0 Å². The average Bonchev–Trinajstić information content (AvgIpc) is 3.27. The SMILES string of the molecule is CCCCCCCCCCOc1cnc(-c2ccc3cc(CCCCCCCC)oc3c2)nc1. The third-order valence-corrected chi connectivity index (χ3v) is 6.50. The minimum atomic E-state index is 0.704. The van der Waals surface area contributed by atoms with Crippen LogP contribution in [0.3, 0.4) is 0 Å². The van der Waals surface area contributed by atoms with Gasteiger partial charge in [0, 0.05) is 17.4 Å². The van der Waals surface area contributed by atoms with Crippen LogP contribution in [0.2, 0.25) is 0 Å². The van der Waals surface area contributed by atoms with Crippen LogP contribution in [0.1, 0.15) is 109 Å². The number of hydrogen-bond acceptors (Lipinski definition) is 4. The van der Waals surface area contributed by atoms with E-state index in [4.69, 9.17) is 9.15 Å². The first-order valence-electron chi connectivity index (χ1n) is 13.8. The van der Waals surface area contributed by atoms with Gasteiger partial charge in [-0.3, -0.25) is 0 Å². The fourth-order valence-electron chi connectivity index (χ4n) is 4.39. The molecular formula is C30H44N2O2. The minimum Gasteiger partial charge on any atom is -0.490 e. The first-order valence-corrected chi connectivity index (χ1v) is 13.8. The normalized spacial score (nSPS) is 11.4. The standard InChI is InChI=1S/C30H44N2O2/c1-3-5-7-9-11-12-14-16-20-33-28-23-31-30(32-24-28)26-19-18-25-21-27(34-29(25)22-26)17-15-13-10-8-6-4-2/h18-19,21-24H,3-17,20H2,1-2H3. The van der Waals surface area contributed by atoms with E-state index < -0.39 is 0 Å². The van der Waals surface area contributed by atoms with Gasteiger partial charge in [0.05, 0.1) is 19.0 Å². The fraction of sp³-hybridized carbons (Fsp3) is 0.600. The highest BCUT2D eigenvalue weighted by molar-refractivity contribution is 5.82. The summed E-state index contributed by atoms with van der Waals surface area (Å²) < 4.78 is 12.0. The molecule has 2 heterocycles. The van der Waals surface area contributed by atoms with Crippen molar-refractivity contribution in [1.29, 1.82) is 0 Å². The number of unbranched alkanes of at least 4 members (excludes halogenated alkanes) is 12. The molecule has 0 spiro atoms. The molecule has 0 atom stereocenters. The number of benzene rings is 1. The summed E-state index contributed by atoms with van der Waals surface area (Å²) in [6, 6.07) is 8.41. The number of nitrogens with zero attached hydrogens (tertiary/aromatic N) is 2. The van der Waals surface area contributed by atoms with Crippen LogP contribution in [0.4, 0.5) is 0 Å². The van der Waals surface area contributed by atoms with E-state index in [0.717, 1.165) is 47.5 Å². The molecule has 2 aromatic heterocycles. The highest BCUT2D eigenvalue weighted by Gasteiger charge is 2.08. The van der Waals surface area contributed by atoms with E-state index >= 15 is 0 Å². The smallest absolute Gasteiger partial charge is 0.159 e. The quantitative estimate of drug-likeness (QED) is 0.176.